The minimum atomic E-state index is -0.398. The zero-order valence-corrected chi connectivity index (χ0v) is 16.2. The van der Waals surface area contributed by atoms with E-state index < -0.39 is 6.10 Å². The van der Waals surface area contributed by atoms with Crippen LogP contribution in [0.4, 0.5) is 0 Å². The van der Waals surface area contributed by atoms with Crippen LogP contribution in [0.3, 0.4) is 0 Å². The SMILES string of the molecule is CC(=O)C(CCCc1ccc(CCN=C(N)N)cc1)Oc1ccccc1C. The molecule has 0 radical (unpaired) electrons. The van der Waals surface area contributed by atoms with Gasteiger partial charge in [-0.3, -0.25) is 9.79 Å². The first-order valence-electron chi connectivity index (χ1n) is 9.31. The number of aliphatic imine (C=N–C) groups is 1. The first-order chi connectivity index (χ1) is 13.0. The maximum absolute atomic E-state index is 11.9. The fourth-order valence-electron chi connectivity index (χ4n) is 2.87. The summed E-state index contributed by atoms with van der Waals surface area (Å²) >= 11 is 0. The summed E-state index contributed by atoms with van der Waals surface area (Å²) in [6.45, 7) is 4.17. The van der Waals surface area contributed by atoms with E-state index >= 15 is 0 Å². The van der Waals surface area contributed by atoms with E-state index in [4.69, 9.17) is 16.2 Å². The lowest BCUT2D eigenvalue weighted by Gasteiger charge is -2.18. The van der Waals surface area contributed by atoms with Crippen LogP contribution in [-0.4, -0.2) is 24.4 Å². The molecule has 0 heterocycles. The molecule has 5 nitrogen and oxygen atoms in total. The zero-order chi connectivity index (χ0) is 19.6. The number of ether oxygens (including phenoxy) is 1. The average molecular weight is 367 g/mol. The second-order valence-electron chi connectivity index (χ2n) is 6.75. The Balaban J connectivity index is 1.83. The van der Waals surface area contributed by atoms with E-state index in [2.05, 4.69) is 29.3 Å². The smallest absolute Gasteiger partial charge is 0.185 e. The fourth-order valence-corrected chi connectivity index (χ4v) is 2.87. The minimum absolute atomic E-state index is 0.0633. The number of nitrogens with zero attached hydrogens (tertiary/aromatic N) is 1. The van der Waals surface area contributed by atoms with E-state index in [-0.39, 0.29) is 11.7 Å². The predicted octanol–water partition coefficient (Wildman–Crippen LogP) is 3.17. The van der Waals surface area contributed by atoms with Crippen LogP contribution in [0.5, 0.6) is 5.75 Å². The molecular weight excluding hydrogens is 338 g/mol. The van der Waals surface area contributed by atoms with E-state index in [1.807, 2.05) is 31.2 Å². The third-order valence-corrected chi connectivity index (χ3v) is 4.47. The molecule has 27 heavy (non-hydrogen) atoms. The minimum Gasteiger partial charge on any atom is -0.482 e. The summed E-state index contributed by atoms with van der Waals surface area (Å²) in [6, 6.07) is 16.2. The van der Waals surface area contributed by atoms with Crippen LogP contribution in [0.1, 0.15) is 36.5 Å². The number of hydrogen-bond acceptors (Lipinski definition) is 3. The summed E-state index contributed by atoms with van der Waals surface area (Å²) in [7, 11) is 0. The molecule has 2 rings (SSSR count). The summed E-state index contributed by atoms with van der Waals surface area (Å²) in [6.07, 6.45) is 2.92. The van der Waals surface area contributed by atoms with Crippen molar-refractivity contribution in [2.45, 2.75) is 45.6 Å². The summed E-state index contributed by atoms with van der Waals surface area (Å²) in [5.74, 6) is 0.968. The molecule has 0 spiro atoms. The molecule has 4 N–H and O–H groups in total. The van der Waals surface area contributed by atoms with E-state index in [1.165, 1.54) is 11.1 Å². The third-order valence-electron chi connectivity index (χ3n) is 4.47. The fraction of sp³-hybridized carbons (Fsp3) is 0.364. The van der Waals surface area contributed by atoms with Gasteiger partial charge in [0.1, 0.15) is 5.75 Å². The Bertz CT molecular complexity index is 765. The molecular formula is C22H29N3O2. The van der Waals surface area contributed by atoms with Gasteiger partial charge >= 0.3 is 0 Å². The van der Waals surface area contributed by atoms with Gasteiger partial charge in [0.15, 0.2) is 17.8 Å². The number of rotatable bonds is 10. The summed E-state index contributed by atoms with van der Waals surface area (Å²) in [5.41, 5.74) is 14.2. The summed E-state index contributed by atoms with van der Waals surface area (Å²) in [5, 5.41) is 0. The van der Waals surface area contributed by atoms with Crippen molar-refractivity contribution in [3.8, 4) is 5.75 Å². The number of aryl methyl sites for hydroxylation is 2. The van der Waals surface area contributed by atoms with Crippen molar-refractivity contribution in [3.05, 3.63) is 65.2 Å². The van der Waals surface area contributed by atoms with Gasteiger partial charge in [-0.15, -0.1) is 0 Å². The Morgan fingerprint density at radius 2 is 1.67 bits per heavy atom. The summed E-state index contributed by atoms with van der Waals surface area (Å²) in [4.78, 5) is 15.9. The molecule has 144 valence electrons. The van der Waals surface area contributed by atoms with Crippen molar-refractivity contribution in [1.29, 1.82) is 0 Å². The molecule has 1 atom stereocenters. The van der Waals surface area contributed by atoms with Gasteiger partial charge in [0.2, 0.25) is 0 Å². The molecule has 0 amide bonds. The number of nitrogens with two attached hydrogens (primary N) is 2. The molecule has 0 saturated carbocycles. The molecule has 5 heteroatoms. The van der Waals surface area contributed by atoms with E-state index in [9.17, 15) is 4.79 Å². The molecule has 0 aliphatic rings. The molecule has 0 fully saturated rings. The molecule has 0 aliphatic heterocycles. The lowest BCUT2D eigenvalue weighted by molar-refractivity contribution is -0.123. The van der Waals surface area contributed by atoms with E-state index in [0.717, 1.165) is 30.6 Å². The van der Waals surface area contributed by atoms with Crippen molar-refractivity contribution in [2.75, 3.05) is 6.54 Å². The number of Topliss-reactive ketones (excluding diaryl/α,β-unsaturated/α-hetero) is 1. The number of benzene rings is 2. The van der Waals surface area contributed by atoms with Crippen LogP contribution in [0.15, 0.2) is 53.5 Å². The van der Waals surface area contributed by atoms with Crippen molar-refractivity contribution >= 4 is 11.7 Å². The molecule has 2 aromatic rings. The number of guanidine groups is 1. The number of carbonyl (C=O) groups is 1. The highest BCUT2D eigenvalue weighted by Gasteiger charge is 2.16. The molecule has 2 aromatic carbocycles. The topological polar surface area (TPSA) is 90.7 Å². The van der Waals surface area contributed by atoms with Gasteiger partial charge in [0.05, 0.1) is 0 Å². The highest BCUT2D eigenvalue weighted by atomic mass is 16.5. The zero-order valence-electron chi connectivity index (χ0n) is 16.2. The standard InChI is InChI=1S/C22H29N3O2/c1-16-6-3-4-8-20(16)27-21(17(2)26)9-5-7-18-10-12-19(13-11-18)14-15-25-22(23)24/h3-4,6,8,10-13,21H,5,7,9,14-15H2,1-2H3,(H4,23,24,25). The summed E-state index contributed by atoms with van der Waals surface area (Å²) < 4.78 is 5.94. The highest BCUT2D eigenvalue weighted by molar-refractivity contribution is 5.80. The molecule has 0 aromatic heterocycles. The van der Waals surface area contributed by atoms with Gasteiger partial charge in [-0.05, 0) is 62.3 Å². The van der Waals surface area contributed by atoms with Crippen LogP contribution >= 0.6 is 0 Å². The van der Waals surface area contributed by atoms with Gasteiger partial charge in [0.25, 0.3) is 0 Å². The molecule has 0 bridgehead atoms. The first-order valence-corrected chi connectivity index (χ1v) is 9.31. The number of carbonyl (C=O) groups excluding carboxylic acids is 1. The largest absolute Gasteiger partial charge is 0.482 e. The van der Waals surface area contributed by atoms with Crippen molar-refractivity contribution < 1.29 is 9.53 Å². The third kappa shape index (κ3) is 7.13. The Morgan fingerprint density at radius 3 is 2.26 bits per heavy atom. The maximum atomic E-state index is 11.9. The quantitative estimate of drug-likeness (QED) is 0.498. The Hall–Kier alpha value is -2.82. The van der Waals surface area contributed by atoms with Crippen LogP contribution in [0.2, 0.25) is 0 Å². The van der Waals surface area contributed by atoms with Crippen molar-refractivity contribution in [1.82, 2.24) is 0 Å². The molecule has 0 saturated heterocycles. The average Bonchev–Trinajstić information content (AvgIpc) is 2.63. The number of para-hydroxylation sites is 1. The number of ketones is 1. The maximum Gasteiger partial charge on any atom is 0.185 e. The number of hydrogen-bond donors (Lipinski definition) is 2. The van der Waals surface area contributed by atoms with Crippen LogP contribution in [0.25, 0.3) is 0 Å². The Kier molecular flexibility index (Phi) is 7.86. The van der Waals surface area contributed by atoms with Gasteiger partial charge in [-0.25, -0.2) is 0 Å². The molecule has 1 unspecified atom stereocenters. The predicted molar refractivity (Wildman–Crippen MR) is 110 cm³/mol. The Labute approximate surface area is 161 Å². The highest BCUT2D eigenvalue weighted by Crippen LogP contribution is 2.20. The van der Waals surface area contributed by atoms with Gasteiger partial charge in [0, 0.05) is 6.54 Å². The lowest BCUT2D eigenvalue weighted by atomic mass is 10.0. The van der Waals surface area contributed by atoms with Gasteiger partial charge in [-0.2, -0.15) is 0 Å². The lowest BCUT2D eigenvalue weighted by Crippen LogP contribution is -2.25. The van der Waals surface area contributed by atoms with Crippen molar-refractivity contribution in [2.24, 2.45) is 16.5 Å². The molecule has 0 aliphatic carbocycles. The second-order valence-corrected chi connectivity index (χ2v) is 6.75. The second kappa shape index (κ2) is 10.4. The van der Waals surface area contributed by atoms with E-state index in [0.29, 0.717) is 13.0 Å². The monoisotopic (exact) mass is 367 g/mol. The van der Waals surface area contributed by atoms with E-state index in [1.54, 1.807) is 6.92 Å². The van der Waals surface area contributed by atoms with Gasteiger partial charge < -0.3 is 16.2 Å². The van der Waals surface area contributed by atoms with Crippen LogP contribution in [-0.2, 0) is 17.6 Å². The first kappa shape index (κ1) is 20.5. The van der Waals surface area contributed by atoms with Crippen LogP contribution < -0.4 is 16.2 Å². The van der Waals surface area contributed by atoms with Gasteiger partial charge in [-0.1, -0.05) is 42.5 Å². The van der Waals surface area contributed by atoms with Crippen molar-refractivity contribution in [3.63, 3.8) is 0 Å². The normalized spacial score (nSPS) is 11.6. The Morgan fingerprint density at radius 1 is 1.04 bits per heavy atom. The van der Waals surface area contributed by atoms with Crippen LogP contribution in [0, 0.1) is 6.92 Å².